The van der Waals surface area contributed by atoms with Gasteiger partial charge in [0.1, 0.15) is 16.5 Å². The number of nitrogens with zero attached hydrogens (tertiary/aromatic N) is 3. The molecule has 170 valence electrons. The van der Waals surface area contributed by atoms with Crippen LogP contribution < -0.4 is 10.7 Å². The Labute approximate surface area is 191 Å². The van der Waals surface area contributed by atoms with Crippen molar-refractivity contribution in [2.75, 3.05) is 5.32 Å². The summed E-state index contributed by atoms with van der Waals surface area (Å²) in [6.07, 6.45) is 1.88. The third-order valence-corrected chi connectivity index (χ3v) is 5.42. The molecule has 2 amide bonds. The largest absolute Gasteiger partial charge is 0.455 e. The lowest BCUT2D eigenvalue weighted by Crippen LogP contribution is -2.22. The molecule has 0 spiro atoms. The zero-order chi connectivity index (χ0) is 23.7. The zero-order valence-electron chi connectivity index (χ0n) is 17.6. The number of benzene rings is 1. The predicted octanol–water partition coefficient (Wildman–Crippen LogP) is 4.17. The highest BCUT2D eigenvalue weighted by Gasteiger charge is 2.28. The van der Waals surface area contributed by atoms with Crippen molar-refractivity contribution in [3.05, 3.63) is 73.4 Å². The molecule has 0 aliphatic heterocycles. The Morgan fingerprint density at radius 3 is 2.70 bits per heavy atom. The van der Waals surface area contributed by atoms with Gasteiger partial charge < -0.3 is 14.3 Å². The number of carbonyl (C=O) groups is 2. The first-order valence-corrected chi connectivity index (χ1v) is 10.3. The number of nitrogens with one attached hydrogen (secondary N) is 2. The fraction of sp³-hybridized carbons (Fsp3) is 0.238. The first-order chi connectivity index (χ1) is 15.7. The van der Waals surface area contributed by atoms with Crippen molar-refractivity contribution in [1.82, 2.24) is 10.6 Å². The van der Waals surface area contributed by atoms with E-state index in [0.717, 1.165) is 6.07 Å². The molecular weight excluding hydrogens is 454 g/mol. The smallest absolute Gasteiger partial charge is 0.292 e. The number of hydrazone groups is 1. The second-order valence-electron chi connectivity index (χ2n) is 7.41. The van der Waals surface area contributed by atoms with Gasteiger partial charge in [0.2, 0.25) is 0 Å². The van der Waals surface area contributed by atoms with E-state index in [4.69, 9.17) is 20.5 Å². The summed E-state index contributed by atoms with van der Waals surface area (Å²) in [5.41, 5.74) is 3.87. The molecule has 0 bridgehead atoms. The average Bonchev–Trinajstić information content (AvgIpc) is 3.35. The number of hydrogen-bond acceptors (Lipinski definition) is 8. The van der Waals surface area contributed by atoms with Crippen molar-refractivity contribution in [2.24, 2.45) is 5.10 Å². The van der Waals surface area contributed by atoms with Crippen molar-refractivity contribution in [3.8, 4) is 0 Å². The van der Waals surface area contributed by atoms with Crippen molar-refractivity contribution < 1.29 is 23.5 Å². The van der Waals surface area contributed by atoms with Gasteiger partial charge in [-0.25, -0.2) is 5.43 Å². The van der Waals surface area contributed by atoms with Crippen LogP contribution in [0.1, 0.15) is 56.4 Å². The van der Waals surface area contributed by atoms with E-state index in [1.54, 1.807) is 19.9 Å². The number of fused-ring (bicyclic) bond motifs is 1. The van der Waals surface area contributed by atoms with E-state index in [1.807, 2.05) is 0 Å². The van der Waals surface area contributed by atoms with Gasteiger partial charge in [-0.2, -0.15) is 5.10 Å². The minimum absolute atomic E-state index is 0.0402. The standard InChI is InChI=1S/C21H18ClN5O6/c1-10-8-17(26-33-10)23-21(29)19-11(2)18-14(4-3-5-16(18)32-19)24-25-20(28)12-6-7-13(22)15(9-12)27(30)31/h6-9H,3-5H2,1-2H3,(H,25,28)(H,23,26,29)/b24-14+. The maximum absolute atomic E-state index is 12.7. The summed E-state index contributed by atoms with van der Waals surface area (Å²) in [5, 5.41) is 21.6. The van der Waals surface area contributed by atoms with E-state index in [1.165, 1.54) is 12.1 Å². The average molecular weight is 472 g/mol. The quantitative estimate of drug-likeness (QED) is 0.418. The Kier molecular flexibility index (Phi) is 5.97. The van der Waals surface area contributed by atoms with E-state index in [9.17, 15) is 19.7 Å². The second kappa shape index (κ2) is 8.87. The van der Waals surface area contributed by atoms with Gasteiger partial charge in [0.25, 0.3) is 17.5 Å². The second-order valence-corrected chi connectivity index (χ2v) is 7.81. The van der Waals surface area contributed by atoms with Crippen molar-refractivity contribution in [2.45, 2.75) is 33.1 Å². The van der Waals surface area contributed by atoms with Gasteiger partial charge in [-0.15, -0.1) is 0 Å². The van der Waals surface area contributed by atoms with E-state index in [2.05, 4.69) is 21.0 Å². The summed E-state index contributed by atoms with van der Waals surface area (Å²) in [5.74, 6) is 0.425. The molecule has 2 heterocycles. The summed E-state index contributed by atoms with van der Waals surface area (Å²) in [6.45, 7) is 3.44. The summed E-state index contributed by atoms with van der Waals surface area (Å²) in [6, 6.07) is 5.32. The molecule has 11 nitrogen and oxygen atoms in total. The molecule has 1 aliphatic rings. The lowest BCUT2D eigenvalue weighted by Gasteiger charge is -2.13. The number of aromatic nitrogens is 1. The van der Waals surface area contributed by atoms with Crippen LogP contribution in [0.4, 0.5) is 11.5 Å². The van der Waals surface area contributed by atoms with Crippen LogP contribution in [0.2, 0.25) is 5.02 Å². The minimum Gasteiger partial charge on any atom is -0.455 e. The SMILES string of the molecule is Cc1cc(NC(=O)c2oc3c(c2C)/C(=N/NC(=O)c2ccc(Cl)c([N+](=O)[O-])c2)CCC3)no1. The van der Waals surface area contributed by atoms with E-state index in [-0.39, 0.29) is 27.9 Å². The van der Waals surface area contributed by atoms with Gasteiger partial charge in [-0.1, -0.05) is 16.8 Å². The molecule has 1 aromatic carbocycles. The van der Waals surface area contributed by atoms with Crippen molar-refractivity contribution >= 4 is 40.6 Å². The molecule has 0 unspecified atom stereocenters. The molecule has 33 heavy (non-hydrogen) atoms. The Hall–Kier alpha value is -3.99. The van der Waals surface area contributed by atoms with Gasteiger partial charge in [-0.05, 0) is 38.8 Å². The zero-order valence-corrected chi connectivity index (χ0v) is 18.4. The van der Waals surface area contributed by atoms with Crippen LogP contribution in [-0.2, 0) is 6.42 Å². The third kappa shape index (κ3) is 4.48. The number of nitro groups is 1. The van der Waals surface area contributed by atoms with E-state index in [0.29, 0.717) is 47.6 Å². The number of halogens is 1. The monoisotopic (exact) mass is 471 g/mol. The Morgan fingerprint density at radius 2 is 2.00 bits per heavy atom. The number of hydrogen-bond donors (Lipinski definition) is 2. The number of rotatable bonds is 5. The maximum atomic E-state index is 12.7. The number of nitro benzene ring substituents is 1. The number of anilines is 1. The van der Waals surface area contributed by atoms with Crippen LogP contribution in [-0.4, -0.2) is 27.6 Å². The van der Waals surface area contributed by atoms with Gasteiger partial charge >= 0.3 is 0 Å². The summed E-state index contributed by atoms with van der Waals surface area (Å²) >= 11 is 5.80. The van der Waals surface area contributed by atoms with Gasteiger partial charge in [0.05, 0.1) is 10.6 Å². The Morgan fingerprint density at radius 1 is 1.21 bits per heavy atom. The van der Waals surface area contributed by atoms with Crippen LogP contribution in [0.5, 0.6) is 0 Å². The number of furan rings is 1. The van der Waals surface area contributed by atoms with Crippen molar-refractivity contribution in [1.29, 1.82) is 0 Å². The van der Waals surface area contributed by atoms with Gasteiger partial charge in [0, 0.05) is 35.2 Å². The molecule has 12 heteroatoms. The predicted molar refractivity (Wildman–Crippen MR) is 118 cm³/mol. The highest BCUT2D eigenvalue weighted by molar-refractivity contribution is 6.32. The summed E-state index contributed by atoms with van der Waals surface area (Å²) < 4.78 is 10.7. The normalized spacial score (nSPS) is 14.1. The molecule has 0 saturated carbocycles. The van der Waals surface area contributed by atoms with Gasteiger partial charge in [0.15, 0.2) is 11.6 Å². The number of amides is 2. The third-order valence-electron chi connectivity index (χ3n) is 5.10. The van der Waals surface area contributed by atoms with Crippen LogP contribution in [0.25, 0.3) is 0 Å². The Bertz CT molecular complexity index is 1310. The topological polar surface area (TPSA) is 153 Å². The van der Waals surface area contributed by atoms with Crippen LogP contribution in [0.15, 0.2) is 38.3 Å². The van der Waals surface area contributed by atoms with E-state index >= 15 is 0 Å². The first-order valence-electron chi connectivity index (χ1n) is 9.92. The highest BCUT2D eigenvalue weighted by Crippen LogP contribution is 2.30. The molecule has 0 fully saturated rings. The maximum Gasteiger partial charge on any atom is 0.292 e. The van der Waals surface area contributed by atoms with Crippen LogP contribution in [0, 0.1) is 24.0 Å². The molecule has 2 aromatic heterocycles. The molecule has 2 N–H and O–H groups in total. The fourth-order valence-electron chi connectivity index (χ4n) is 3.57. The fourth-order valence-corrected chi connectivity index (χ4v) is 3.76. The Balaban J connectivity index is 1.56. The molecule has 0 saturated heterocycles. The number of aryl methyl sites for hydroxylation is 2. The first kappa shape index (κ1) is 22.2. The molecule has 1 aliphatic carbocycles. The molecule has 0 radical (unpaired) electrons. The molecule has 0 atom stereocenters. The lowest BCUT2D eigenvalue weighted by atomic mass is 9.93. The van der Waals surface area contributed by atoms with Crippen LogP contribution in [0.3, 0.4) is 0 Å². The molecule has 3 aromatic rings. The summed E-state index contributed by atoms with van der Waals surface area (Å²) in [4.78, 5) is 35.6. The lowest BCUT2D eigenvalue weighted by molar-refractivity contribution is -0.384. The number of carbonyl (C=O) groups excluding carboxylic acids is 2. The minimum atomic E-state index is -0.666. The summed E-state index contributed by atoms with van der Waals surface area (Å²) in [7, 11) is 0. The van der Waals surface area contributed by atoms with Crippen molar-refractivity contribution in [3.63, 3.8) is 0 Å². The van der Waals surface area contributed by atoms with E-state index < -0.39 is 16.7 Å². The molecule has 4 rings (SSSR count). The molecular formula is C21H18ClN5O6. The van der Waals surface area contributed by atoms with Crippen LogP contribution >= 0.6 is 11.6 Å². The van der Waals surface area contributed by atoms with Gasteiger partial charge in [-0.3, -0.25) is 19.7 Å². The highest BCUT2D eigenvalue weighted by atomic mass is 35.5.